The second kappa shape index (κ2) is 8.18. The van der Waals surface area contributed by atoms with Gasteiger partial charge in [0, 0.05) is 24.4 Å². The summed E-state index contributed by atoms with van der Waals surface area (Å²) >= 11 is 0. The molecule has 2 unspecified atom stereocenters. The highest BCUT2D eigenvalue weighted by atomic mass is 16.5. The van der Waals surface area contributed by atoms with E-state index < -0.39 is 0 Å². The standard InChI is InChI=1S/C23H25N3O4/c1-14-6-5-7-17(10-14)23-24-22(25-30-23)18-12-21(27)26(13-18)15(2)16-8-9-19(28-3)20(11-16)29-4/h5-11,15,18H,12-13H2,1-4H3. The normalized spacial score (nSPS) is 17.3. The molecule has 0 N–H and O–H groups in total. The van der Waals surface area contributed by atoms with Crippen LogP contribution in [0.25, 0.3) is 11.5 Å². The minimum absolute atomic E-state index is 0.0733. The van der Waals surface area contributed by atoms with E-state index in [1.54, 1.807) is 14.2 Å². The van der Waals surface area contributed by atoms with Crippen LogP contribution in [0.5, 0.6) is 11.5 Å². The number of carbonyl (C=O) groups excluding carboxylic acids is 1. The third kappa shape index (κ3) is 3.75. The summed E-state index contributed by atoms with van der Waals surface area (Å²) in [6, 6.07) is 13.5. The van der Waals surface area contributed by atoms with Gasteiger partial charge in [-0.15, -0.1) is 0 Å². The second-order valence-corrected chi connectivity index (χ2v) is 7.56. The first-order chi connectivity index (χ1) is 14.5. The number of amides is 1. The third-order valence-electron chi connectivity index (χ3n) is 5.59. The maximum Gasteiger partial charge on any atom is 0.257 e. The summed E-state index contributed by atoms with van der Waals surface area (Å²) in [6.45, 7) is 4.57. The van der Waals surface area contributed by atoms with Gasteiger partial charge in [-0.1, -0.05) is 28.9 Å². The van der Waals surface area contributed by atoms with E-state index in [0.717, 1.165) is 16.7 Å². The summed E-state index contributed by atoms with van der Waals surface area (Å²) in [6.07, 6.45) is 0.365. The third-order valence-corrected chi connectivity index (χ3v) is 5.59. The summed E-state index contributed by atoms with van der Waals surface area (Å²) in [4.78, 5) is 19.2. The number of rotatable bonds is 6. The molecule has 7 nitrogen and oxygen atoms in total. The number of hydrogen-bond acceptors (Lipinski definition) is 6. The zero-order valence-corrected chi connectivity index (χ0v) is 17.6. The maximum atomic E-state index is 12.8. The lowest BCUT2D eigenvalue weighted by atomic mass is 10.1. The Bertz CT molecular complexity index is 1060. The van der Waals surface area contributed by atoms with Gasteiger partial charge in [-0.05, 0) is 43.7 Å². The number of likely N-dealkylation sites (tertiary alicyclic amines) is 1. The Balaban J connectivity index is 1.52. The molecule has 3 aromatic rings. The van der Waals surface area contributed by atoms with Crippen molar-refractivity contribution in [3.63, 3.8) is 0 Å². The first kappa shape index (κ1) is 19.9. The highest BCUT2D eigenvalue weighted by Gasteiger charge is 2.36. The Labute approximate surface area is 175 Å². The van der Waals surface area contributed by atoms with Crippen molar-refractivity contribution in [2.75, 3.05) is 20.8 Å². The van der Waals surface area contributed by atoms with Crippen molar-refractivity contribution in [2.45, 2.75) is 32.2 Å². The molecule has 0 radical (unpaired) electrons. The van der Waals surface area contributed by atoms with Crippen LogP contribution >= 0.6 is 0 Å². The molecule has 0 spiro atoms. The van der Waals surface area contributed by atoms with Crippen molar-refractivity contribution in [2.24, 2.45) is 0 Å². The van der Waals surface area contributed by atoms with Crippen molar-refractivity contribution < 1.29 is 18.8 Å². The molecule has 1 aliphatic heterocycles. The Morgan fingerprint density at radius 3 is 2.67 bits per heavy atom. The molecule has 1 aliphatic rings. The average molecular weight is 407 g/mol. The van der Waals surface area contributed by atoms with Crippen LogP contribution in [-0.4, -0.2) is 41.7 Å². The molecule has 30 heavy (non-hydrogen) atoms. The maximum absolute atomic E-state index is 12.8. The quantitative estimate of drug-likeness (QED) is 0.611. The van der Waals surface area contributed by atoms with Crippen LogP contribution in [0.3, 0.4) is 0 Å². The minimum atomic E-state index is -0.106. The van der Waals surface area contributed by atoms with Crippen molar-refractivity contribution >= 4 is 5.91 Å². The van der Waals surface area contributed by atoms with Gasteiger partial charge < -0.3 is 18.9 Å². The van der Waals surface area contributed by atoms with Crippen molar-refractivity contribution in [3.05, 3.63) is 59.4 Å². The van der Waals surface area contributed by atoms with E-state index in [1.165, 1.54) is 0 Å². The number of hydrogen-bond donors (Lipinski definition) is 0. The van der Waals surface area contributed by atoms with E-state index in [0.29, 0.717) is 36.2 Å². The van der Waals surface area contributed by atoms with Crippen LogP contribution < -0.4 is 9.47 Å². The fraction of sp³-hybridized carbons (Fsp3) is 0.348. The number of methoxy groups -OCH3 is 2. The van der Waals surface area contributed by atoms with Crippen LogP contribution in [0.1, 0.15) is 42.3 Å². The summed E-state index contributed by atoms with van der Waals surface area (Å²) in [5.41, 5.74) is 2.99. The number of nitrogens with zero attached hydrogens (tertiary/aromatic N) is 3. The summed E-state index contributed by atoms with van der Waals surface area (Å²) in [5.74, 6) is 2.33. The zero-order chi connectivity index (χ0) is 21.3. The van der Waals surface area contributed by atoms with Crippen molar-refractivity contribution in [1.82, 2.24) is 15.0 Å². The number of aryl methyl sites for hydroxylation is 1. The molecule has 2 heterocycles. The van der Waals surface area contributed by atoms with Gasteiger partial charge in [-0.25, -0.2) is 0 Å². The molecule has 0 bridgehead atoms. The van der Waals surface area contributed by atoms with E-state index in [9.17, 15) is 4.79 Å². The van der Waals surface area contributed by atoms with Crippen LogP contribution in [0.15, 0.2) is 47.0 Å². The molecular formula is C23H25N3O4. The Morgan fingerprint density at radius 2 is 1.93 bits per heavy atom. The Hall–Kier alpha value is -3.35. The van der Waals surface area contributed by atoms with Gasteiger partial charge in [-0.3, -0.25) is 4.79 Å². The molecule has 0 saturated carbocycles. The van der Waals surface area contributed by atoms with E-state index in [2.05, 4.69) is 10.1 Å². The fourth-order valence-electron chi connectivity index (χ4n) is 3.87. The van der Waals surface area contributed by atoms with Gasteiger partial charge in [0.05, 0.1) is 20.3 Å². The van der Waals surface area contributed by atoms with E-state index >= 15 is 0 Å². The minimum Gasteiger partial charge on any atom is -0.493 e. The summed E-state index contributed by atoms with van der Waals surface area (Å²) in [5, 5.41) is 4.15. The molecule has 0 aliphatic carbocycles. The van der Waals surface area contributed by atoms with E-state index in [1.807, 2.05) is 61.2 Å². The lowest BCUT2D eigenvalue weighted by Crippen LogP contribution is -2.28. The Morgan fingerprint density at radius 1 is 1.13 bits per heavy atom. The average Bonchev–Trinajstić information content (AvgIpc) is 3.39. The first-order valence-corrected chi connectivity index (χ1v) is 9.92. The van der Waals surface area contributed by atoms with Gasteiger partial charge in [0.2, 0.25) is 5.91 Å². The zero-order valence-electron chi connectivity index (χ0n) is 17.6. The topological polar surface area (TPSA) is 77.7 Å². The van der Waals surface area contributed by atoms with Gasteiger partial charge in [0.25, 0.3) is 5.89 Å². The summed E-state index contributed by atoms with van der Waals surface area (Å²) in [7, 11) is 3.21. The van der Waals surface area contributed by atoms with Gasteiger partial charge in [-0.2, -0.15) is 4.98 Å². The van der Waals surface area contributed by atoms with Crippen LogP contribution in [0.2, 0.25) is 0 Å². The largest absolute Gasteiger partial charge is 0.493 e. The number of benzene rings is 2. The second-order valence-electron chi connectivity index (χ2n) is 7.56. The van der Waals surface area contributed by atoms with Gasteiger partial charge in [0.15, 0.2) is 17.3 Å². The van der Waals surface area contributed by atoms with Crippen molar-refractivity contribution in [3.8, 4) is 23.0 Å². The smallest absolute Gasteiger partial charge is 0.257 e. The predicted molar refractivity (Wildman–Crippen MR) is 112 cm³/mol. The van der Waals surface area contributed by atoms with E-state index in [-0.39, 0.29) is 17.9 Å². The molecule has 2 atom stereocenters. The highest BCUT2D eigenvalue weighted by molar-refractivity contribution is 5.80. The SMILES string of the molecule is COc1ccc(C(C)N2CC(c3noc(-c4cccc(C)c4)n3)CC2=O)cc1OC. The van der Waals surface area contributed by atoms with Crippen LogP contribution in [0, 0.1) is 6.92 Å². The molecule has 1 fully saturated rings. The molecule has 7 heteroatoms. The highest BCUT2D eigenvalue weighted by Crippen LogP contribution is 2.36. The monoisotopic (exact) mass is 407 g/mol. The lowest BCUT2D eigenvalue weighted by Gasteiger charge is -2.25. The van der Waals surface area contributed by atoms with Crippen LogP contribution in [-0.2, 0) is 4.79 Å². The van der Waals surface area contributed by atoms with Gasteiger partial charge >= 0.3 is 0 Å². The number of aromatic nitrogens is 2. The summed E-state index contributed by atoms with van der Waals surface area (Å²) < 4.78 is 16.2. The van der Waals surface area contributed by atoms with E-state index in [4.69, 9.17) is 14.0 Å². The van der Waals surface area contributed by atoms with Gasteiger partial charge in [0.1, 0.15) is 0 Å². The molecule has 2 aromatic carbocycles. The fourth-order valence-corrected chi connectivity index (χ4v) is 3.87. The molecule has 1 aromatic heterocycles. The van der Waals surface area contributed by atoms with Crippen molar-refractivity contribution in [1.29, 1.82) is 0 Å². The first-order valence-electron chi connectivity index (χ1n) is 9.92. The lowest BCUT2D eigenvalue weighted by molar-refractivity contribution is -0.129. The van der Waals surface area contributed by atoms with Crippen LogP contribution in [0.4, 0.5) is 0 Å². The molecule has 156 valence electrons. The Kier molecular flexibility index (Phi) is 5.44. The number of ether oxygens (including phenoxy) is 2. The molecule has 1 amide bonds. The number of carbonyl (C=O) groups is 1. The predicted octanol–water partition coefficient (Wildman–Crippen LogP) is 4.14. The molecule has 1 saturated heterocycles. The molecular weight excluding hydrogens is 382 g/mol. The molecule has 4 rings (SSSR count).